The van der Waals surface area contributed by atoms with Gasteiger partial charge in [-0.2, -0.15) is 0 Å². The van der Waals surface area contributed by atoms with Gasteiger partial charge in [0.15, 0.2) is 0 Å². The minimum absolute atomic E-state index is 0.0994. The van der Waals surface area contributed by atoms with E-state index in [1.165, 1.54) is 32.7 Å². The van der Waals surface area contributed by atoms with E-state index in [0.717, 1.165) is 19.6 Å². The van der Waals surface area contributed by atoms with Gasteiger partial charge in [0.1, 0.15) is 6.33 Å². The van der Waals surface area contributed by atoms with Gasteiger partial charge < -0.3 is 19.9 Å². The van der Waals surface area contributed by atoms with Crippen molar-refractivity contribution in [1.29, 1.82) is 0 Å². The molecule has 0 saturated carbocycles. The summed E-state index contributed by atoms with van der Waals surface area (Å²) in [7, 11) is 1.38. The van der Waals surface area contributed by atoms with Crippen LogP contribution in [0.3, 0.4) is 0 Å². The number of carbonyl (C=O) groups is 1. The summed E-state index contributed by atoms with van der Waals surface area (Å²) in [4.78, 5) is 35.5. The summed E-state index contributed by atoms with van der Waals surface area (Å²) in [5.74, 6) is 0.173. The zero-order valence-electron chi connectivity index (χ0n) is 16.3. The second-order valence-electron chi connectivity index (χ2n) is 7.27. The maximum Gasteiger partial charge on any atom is 0.353 e. The van der Waals surface area contributed by atoms with E-state index in [1.807, 2.05) is 4.90 Å². The number of methoxy groups -OCH3 is 1. The third kappa shape index (κ3) is 4.86. The molecule has 154 valence electrons. The highest BCUT2D eigenvalue weighted by molar-refractivity contribution is 5.74. The van der Waals surface area contributed by atoms with E-state index in [4.69, 9.17) is 4.74 Å². The Labute approximate surface area is 164 Å². The molecule has 0 atom stereocenters. The average Bonchev–Trinajstić information content (AvgIpc) is 2.73. The monoisotopic (exact) mass is 392 g/mol. The molecule has 2 aliphatic heterocycles. The molecule has 2 aliphatic rings. The van der Waals surface area contributed by atoms with Crippen molar-refractivity contribution >= 4 is 23.3 Å². The number of carbonyl (C=O) groups excluding carboxylic acids is 1. The molecular formula is C18H28N6O4. The summed E-state index contributed by atoms with van der Waals surface area (Å²) in [6, 6.07) is 0. The van der Waals surface area contributed by atoms with Crippen LogP contribution in [-0.4, -0.2) is 72.1 Å². The molecule has 2 fully saturated rings. The number of nitro groups is 1. The van der Waals surface area contributed by atoms with Crippen molar-refractivity contribution in [2.24, 2.45) is 5.92 Å². The normalized spacial score (nSPS) is 18.7. The van der Waals surface area contributed by atoms with E-state index in [0.29, 0.717) is 38.3 Å². The van der Waals surface area contributed by atoms with Crippen molar-refractivity contribution in [2.45, 2.75) is 32.1 Å². The van der Waals surface area contributed by atoms with Crippen LogP contribution in [0.15, 0.2) is 6.33 Å². The van der Waals surface area contributed by atoms with Crippen LogP contribution >= 0.6 is 0 Å². The van der Waals surface area contributed by atoms with Crippen LogP contribution in [0.1, 0.15) is 32.1 Å². The van der Waals surface area contributed by atoms with Crippen molar-refractivity contribution in [3.8, 4) is 0 Å². The summed E-state index contributed by atoms with van der Waals surface area (Å²) in [6.45, 7) is 4.63. The molecule has 3 heterocycles. The molecule has 0 bridgehead atoms. The van der Waals surface area contributed by atoms with E-state index < -0.39 is 4.92 Å². The first-order valence-electron chi connectivity index (χ1n) is 9.88. The van der Waals surface area contributed by atoms with Gasteiger partial charge in [-0.3, -0.25) is 14.9 Å². The Morgan fingerprint density at radius 1 is 1.25 bits per heavy atom. The SMILES string of the molecule is COC(=O)C1CCN(c2ncnc(NCCN3CCCCC3)c2[N+](=O)[O-])CC1. The fourth-order valence-corrected chi connectivity index (χ4v) is 3.91. The van der Waals surface area contributed by atoms with E-state index in [1.54, 1.807) is 0 Å². The van der Waals surface area contributed by atoms with Crippen molar-refractivity contribution in [3.63, 3.8) is 0 Å². The molecule has 0 radical (unpaired) electrons. The van der Waals surface area contributed by atoms with Crippen LogP contribution in [0, 0.1) is 16.0 Å². The Hall–Kier alpha value is -2.49. The highest BCUT2D eigenvalue weighted by Gasteiger charge is 2.32. The number of nitrogens with zero attached hydrogens (tertiary/aromatic N) is 5. The largest absolute Gasteiger partial charge is 0.469 e. The second kappa shape index (κ2) is 9.63. The lowest BCUT2D eigenvalue weighted by molar-refractivity contribution is -0.383. The van der Waals surface area contributed by atoms with Crippen LogP contribution in [0.2, 0.25) is 0 Å². The number of nitrogens with one attached hydrogen (secondary N) is 1. The molecule has 2 saturated heterocycles. The third-order valence-electron chi connectivity index (χ3n) is 5.48. The Morgan fingerprint density at radius 3 is 2.61 bits per heavy atom. The number of rotatable bonds is 7. The number of hydrogen-bond donors (Lipinski definition) is 1. The number of esters is 1. The van der Waals surface area contributed by atoms with Crippen molar-refractivity contribution in [2.75, 3.05) is 56.6 Å². The van der Waals surface area contributed by atoms with Crippen LogP contribution in [0.5, 0.6) is 0 Å². The lowest BCUT2D eigenvalue weighted by atomic mass is 9.97. The van der Waals surface area contributed by atoms with Gasteiger partial charge in [0.05, 0.1) is 18.0 Å². The minimum atomic E-state index is -0.426. The predicted octanol–water partition coefficient (Wildman–Crippen LogP) is 1.67. The molecule has 0 unspecified atom stereocenters. The number of ether oxygens (including phenoxy) is 1. The molecule has 3 rings (SSSR count). The fourth-order valence-electron chi connectivity index (χ4n) is 3.91. The second-order valence-corrected chi connectivity index (χ2v) is 7.27. The van der Waals surface area contributed by atoms with Gasteiger partial charge >= 0.3 is 11.7 Å². The number of anilines is 2. The maximum absolute atomic E-state index is 11.7. The van der Waals surface area contributed by atoms with Gasteiger partial charge in [0.25, 0.3) is 0 Å². The average molecular weight is 392 g/mol. The Kier molecular flexibility index (Phi) is 6.96. The first kappa shape index (κ1) is 20.2. The molecule has 28 heavy (non-hydrogen) atoms. The van der Waals surface area contributed by atoms with Crippen LogP contribution < -0.4 is 10.2 Å². The molecular weight excluding hydrogens is 364 g/mol. The molecule has 0 amide bonds. The van der Waals surface area contributed by atoms with E-state index >= 15 is 0 Å². The van der Waals surface area contributed by atoms with Crippen molar-refractivity contribution in [3.05, 3.63) is 16.4 Å². The van der Waals surface area contributed by atoms with E-state index in [-0.39, 0.29) is 23.4 Å². The van der Waals surface area contributed by atoms with Crippen LogP contribution in [0.4, 0.5) is 17.3 Å². The van der Waals surface area contributed by atoms with Crippen LogP contribution in [-0.2, 0) is 9.53 Å². The lowest BCUT2D eigenvalue weighted by Crippen LogP contribution is -2.37. The van der Waals surface area contributed by atoms with Gasteiger partial charge in [-0.25, -0.2) is 9.97 Å². The molecule has 10 nitrogen and oxygen atoms in total. The smallest absolute Gasteiger partial charge is 0.353 e. The van der Waals surface area contributed by atoms with E-state index in [9.17, 15) is 14.9 Å². The molecule has 0 aliphatic carbocycles. The lowest BCUT2D eigenvalue weighted by Gasteiger charge is -2.31. The maximum atomic E-state index is 11.7. The van der Waals surface area contributed by atoms with Crippen LogP contribution in [0.25, 0.3) is 0 Å². The van der Waals surface area contributed by atoms with E-state index in [2.05, 4.69) is 20.2 Å². The first-order valence-corrected chi connectivity index (χ1v) is 9.88. The molecule has 0 spiro atoms. The molecule has 1 aromatic rings. The predicted molar refractivity (Wildman–Crippen MR) is 104 cm³/mol. The summed E-state index contributed by atoms with van der Waals surface area (Å²) < 4.78 is 4.80. The minimum Gasteiger partial charge on any atom is -0.469 e. The summed E-state index contributed by atoms with van der Waals surface area (Å²) in [5, 5.41) is 14.9. The Bertz CT molecular complexity index is 687. The Morgan fingerprint density at radius 2 is 1.96 bits per heavy atom. The van der Waals surface area contributed by atoms with Crippen molar-refractivity contribution in [1.82, 2.24) is 14.9 Å². The standard InChI is InChI=1S/C18H28N6O4/c1-28-18(25)14-5-10-23(11-6-14)17-15(24(26)27)16(20-13-21-17)19-7-12-22-8-3-2-4-9-22/h13-14H,2-12H2,1H3,(H,19,20,21). The Balaban J connectivity index is 1.66. The molecule has 1 N–H and O–H groups in total. The number of piperidine rings is 2. The van der Waals surface area contributed by atoms with Crippen molar-refractivity contribution < 1.29 is 14.5 Å². The zero-order chi connectivity index (χ0) is 19.9. The topological polar surface area (TPSA) is 114 Å². The number of aromatic nitrogens is 2. The van der Waals surface area contributed by atoms with Gasteiger partial charge in [0.2, 0.25) is 11.6 Å². The first-order chi connectivity index (χ1) is 13.6. The summed E-state index contributed by atoms with van der Waals surface area (Å²) in [6.07, 6.45) is 6.23. The third-order valence-corrected chi connectivity index (χ3v) is 5.48. The highest BCUT2D eigenvalue weighted by Crippen LogP contribution is 2.34. The van der Waals surface area contributed by atoms with Gasteiger partial charge in [-0.1, -0.05) is 6.42 Å². The summed E-state index contributed by atoms with van der Waals surface area (Å²) in [5.41, 5.74) is -0.0994. The summed E-state index contributed by atoms with van der Waals surface area (Å²) >= 11 is 0. The fraction of sp³-hybridized carbons (Fsp3) is 0.722. The van der Waals surface area contributed by atoms with Gasteiger partial charge in [-0.15, -0.1) is 0 Å². The molecule has 0 aromatic carbocycles. The number of hydrogen-bond acceptors (Lipinski definition) is 9. The zero-order valence-corrected chi connectivity index (χ0v) is 16.3. The quantitative estimate of drug-likeness (QED) is 0.420. The van der Waals surface area contributed by atoms with Gasteiger partial charge in [0, 0.05) is 26.2 Å². The molecule has 1 aromatic heterocycles. The van der Waals surface area contributed by atoms with Gasteiger partial charge in [-0.05, 0) is 38.8 Å². The highest BCUT2D eigenvalue weighted by atomic mass is 16.6. The molecule has 10 heteroatoms. The number of likely N-dealkylation sites (tertiary alicyclic amines) is 1.